The molecule has 1 saturated carbocycles. The third-order valence-electron chi connectivity index (χ3n) is 1.92. The Hall–Kier alpha value is -0.850. The number of amides is 1. The van der Waals surface area contributed by atoms with Crippen LogP contribution in [-0.2, 0) is 0 Å². The van der Waals surface area contributed by atoms with Gasteiger partial charge in [-0.05, 0) is 41.5 Å². The molecular weight excluding hydrogens is 295 g/mol. The Morgan fingerprint density at radius 1 is 1.64 bits per heavy atom. The van der Waals surface area contributed by atoms with Crippen LogP contribution in [0.25, 0.3) is 0 Å². The molecule has 1 aromatic rings. The van der Waals surface area contributed by atoms with Crippen molar-refractivity contribution < 1.29 is 9.53 Å². The van der Waals surface area contributed by atoms with Crippen molar-refractivity contribution in [3.63, 3.8) is 0 Å². The molecule has 14 heavy (non-hydrogen) atoms. The fourth-order valence-electron chi connectivity index (χ4n) is 1.07. The predicted molar refractivity (Wildman–Crippen MR) is 59.1 cm³/mol. The number of pyridine rings is 1. The van der Waals surface area contributed by atoms with Crippen molar-refractivity contribution in [1.82, 2.24) is 4.98 Å². The number of halogens is 1. The number of carbonyl (C=O) groups excluding carboxylic acids is 1. The van der Waals surface area contributed by atoms with Crippen molar-refractivity contribution in [2.24, 2.45) is 5.73 Å². The fourth-order valence-corrected chi connectivity index (χ4v) is 1.52. The zero-order chi connectivity index (χ0) is 10.1. The van der Waals surface area contributed by atoms with Gasteiger partial charge in [0.2, 0.25) is 0 Å². The van der Waals surface area contributed by atoms with E-state index < -0.39 is 5.91 Å². The first-order valence-corrected chi connectivity index (χ1v) is 5.36. The Morgan fingerprint density at radius 2 is 2.36 bits per heavy atom. The largest absolute Gasteiger partial charge is 0.488 e. The van der Waals surface area contributed by atoms with Crippen LogP contribution in [0.4, 0.5) is 0 Å². The van der Waals surface area contributed by atoms with Crippen molar-refractivity contribution in [3.8, 4) is 5.75 Å². The van der Waals surface area contributed by atoms with Crippen molar-refractivity contribution >= 4 is 28.5 Å². The fraction of sp³-hybridized carbons (Fsp3) is 0.333. The zero-order valence-corrected chi connectivity index (χ0v) is 9.52. The predicted octanol–water partition coefficient (Wildman–Crippen LogP) is 1.33. The van der Waals surface area contributed by atoms with Gasteiger partial charge in [-0.2, -0.15) is 0 Å². The molecule has 74 valence electrons. The maximum Gasteiger partial charge on any atom is 0.252 e. The van der Waals surface area contributed by atoms with Crippen LogP contribution in [-0.4, -0.2) is 17.0 Å². The molecule has 0 radical (unpaired) electrons. The SMILES string of the molecule is NC(=O)c1cc(I)ncc1OC1CC1. The number of nitrogens with two attached hydrogens (primary N) is 1. The highest BCUT2D eigenvalue weighted by Crippen LogP contribution is 2.28. The first kappa shape index (κ1) is 9.70. The summed E-state index contributed by atoms with van der Waals surface area (Å²) >= 11 is 2.03. The molecule has 4 nitrogen and oxygen atoms in total. The van der Waals surface area contributed by atoms with Crippen LogP contribution in [0.1, 0.15) is 23.2 Å². The monoisotopic (exact) mass is 304 g/mol. The first-order chi connectivity index (χ1) is 6.66. The summed E-state index contributed by atoms with van der Waals surface area (Å²) in [6, 6.07) is 1.64. The third-order valence-corrected chi connectivity index (χ3v) is 2.51. The normalized spacial score (nSPS) is 15.2. The van der Waals surface area contributed by atoms with Crippen LogP contribution >= 0.6 is 22.6 Å². The third kappa shape index (κ3) is 2.14. The van der Waals surface area contributed by atoms with Crippen LogP contribution in [0, 0.1) is 3.70 Å². The minimum Gasteiger partial charge on any atom is -0.488 e. The Balaban J connectivity index is 2.31. The van der Waals surface area contributed by atoms with Crippen molar-refractivity contribution in [1.29, 1.82) is 0 Å². The van der Waals surface area contributed by atoms with Crippen molar-refractivity contribution in [2.75, 3.05) is 0 Å². The van der Waals surface area contributed by atoms with Crippen molar-refractivity contribution in [3.05, 3.63) is 21.5 Å². The molecule has 1 aliphatic rings. The minimum absolute atomic E-state index is 0.245. The molecule has 2 N–H and O–H groups in total. The number of carbonyl (C=O) groups is 1. The molecule has 0 aromatic carbocycles. The zero-order valence-electron chi connectivity index (χ0n) is 7.37. The lowest BCUT2D eigenvalue weighted by Crippen LogP contribution is -2.14. The Labute approximate surface area is 95.0 Å². The van der Waals surface area contributed by atoms with Gasteiger partial charge in [-0.1, -0.05) is 0 Å². The van der Waals surface area contributed by atoms with E-state index in [4.69, 9.17) is 10.5 Å². The second-order valence-electron chi connectivity index (χ2n) is 3.18. The maximum absolute atomic E-state index is 11.1. The lowest BCUT2D eigenvalue weighted by molar-refractivity contribution is 0.0995. The highest BCUT2D eigenvalue weighted by atomic mass is 127. The van der Waals surface area contributed by atoms with Crippen LogP contribution in [0.3, 0.4) is 0 Å². The summed E-state index contributed by atoms with van der Waals surface area (Å²) in [5, 5.41) is 0. The Morgan fingerprint density at radius 3 is 2.93 bits per heavy atom. The van der Waals surface area contributed by atoms with Crippen LogP contribution in [0.15, 0.2) is 12.3 Å². The molecule has 0 spiro atoms. The summed E-state index contributed by atoms with van der Waals surface area (Å²) in [6.07, 6.45) is 3.89. The Kier molecular flexibility index (Phi) is 2.58. The molecule has 5 heteroatoms. The van der Waals surface area contributed by atoms with E-state index >= 15 is 0 Å². The van der Waals surface area contributed by atoms with E-state index in [0.717, 1.165) is 16.5 Å². The standard InChI is InChI=1S/C9H9IN2O2/c10-8-3-6(9(11)13)7(4-12-8)14-5-1-2-5/h3-5H,1-2H2,(H2,11,13). The average Bonchev–Trinajstić information content (AvgIpc) is 2.91. The van der Waals surface area contributed by atoms with E-state index in [1.165, 1.54) is 0 Å². The van der Waals surface area contributed by atoms with E-state index in [1.54, 1.807) is 12.3 Å². The highest BCUT2D eigenvalue weighted by Gasteiger charge is 2.25. The molecule has 0 unspecified atom stereocenters. The van der Waals surface area contributed by atoms with E-state index in [0.29, 0.717) is 11.3 Å². The smallest absolute Gasteiger partial charge is 0.252 e. The summed E-state index contributed by atoms with van der Waals surface area (Å²) in [6.45, 7) is 0. The topological polar surface area (TPSA) is 65.2 Å². The second kappa shape index (κ2) is 3.72. The summed E-state index contributed by atoms with van der Waals surface area (Å²) in [7, 11) is 0. The van der Waals surface area contributed by atoms with Gasteiger partial charge >= 0.3 is 0 Å². The highest BCUT2D eigenvalue weighted by molar-refractivity contribution is 14.1. The Bertz CT molecular complexity index is 377. The molecule has 2 rings (SSSR count). The summed E-state index contributed by atoms with van der Waals surface area (Å²) in [5.41, 5.74) is 5.64. The van der Waals surface area contributed by atoms with Gasteiger partial charge < -0.3 is 10.5 Å². The molecule has 0 bridgehead atoms. The molecule has 1 amide bonds. The van der Waals surface area contributed by atoms with Gasteiger partial charge in [-0.3, -0.25) is 4.79 Å². The average molecular weight is 304 g/mol. The quantitative estimate of drug-likeness (QED) is 0.677. The lowest BCUT2D eigenvalue weighted by atomic mass is 10.2. The molecule has 0 atom stereocenters. The molecule has 0 aliphatic heterocycles. The number of primary amides is 1. The van der Waals surface area contributed by atoms with Crippen LogP contribution < -0.4 is 10.5 Å². The number of hydrogen-bond donors (Lipinski definition) is 1. The summed E-state index contributed by atoms with van der Waals surface area (Å²) < 4.78 is 6.24. The van der Waals surface area contributed by atoms with Crippen molar-refractivity contribution in [2.45, 2.75) is 18.9 Å². The molecule has 1 aromatic heterocycles. The van der Waals surface area contributed by atoms with Crippen LogP contribution in [0.2, 0.25) is 0 Å². The molecule has 1 heterocycles. The lowest BCUT2D eigenvalue weighted by Gasteiger charge is -2.07. The first-order valence-electron chi connectivity index (χ1n) is 4.29. The van der Waals surface area contributed by atoms with Gasteiger partial charge in [0.05, 0.1) is 17.9 Å². The van der Waals surface area contributed by atoms with Gasteiger partial charge in [0.1, 0.15) is 3.70 Å². The molecule has 1 fully saturated rings. The van der Waals surface area contributed by atoms with E-state index in [1.807, 2.05) is 22.6 Å². The molecule has 0 saturated heterocycles. The van der Waals surface area contributed by atoms with Gasteiger partial charge in [-0.25, -0.2) is 4.98 Å². The van der Waals surface area contributed by atoms with E-state index in [-0.39, 0.29) is 6.10 Å². The number of nitrogens with zero attached hydrogens (tertiary/aromatic N) is 1. The number of ether oxygens (including phenoxy) is 1. The van der Waals surface area contributed by atoms with Gasteiger partial charge in [0, 0.05) is 0 Å². The number of hydrogen-bond acceptors (Lipinski definition) is 3. The number of rotatable bonds is 3. The minimum atomic E-state index is -0.471. The summed E-state index contributed by atoms with van der Waals surface area (Å²) in [4.78, 5) is 15.1. The molecule has 1 aliphatic carbocycles. The second-order valence-corrected chi connectivity index (χ2v) is 4.29. The van der Waals surface area contributed by atoms with E-state index in [2.05, 4.69) is 4.98 Å². The van der Waals surface area contributed by atoms with E-state index in [9.17, 15) is 4.79 Å². The van der Waals surface area contributed by atoms with Gasteiger partial charge in [0.25, 0.3) is 5.91 Å². The number of aromatic nitrogens is 1. The summed E-state index contributed by atoms with van der Waals surface area (Å²) in [5.74, 6) is 0.0291. The van der Waals surface area contributed by atoms with Gasteiger partial charge in [0.15, 0.2) is 5.75 Å². The maximum atomic E-state index is 11.1. The van der Waals surface area contributed by atoms with Crippen LogP contribution in [0.5, 0.6) is 5.75 Å². The van der Waals surface area contributed by atoms with Gasteiger partial charge in [-0.15, -0.1) is 0 Å². The molecular formula is C9H9IN2O2.